The molecule has 0 radical (unpaired) electrons. The lowest BCUT2D eigenvalue weighted by Crippen LogP contribution is -2.26. The fourth-order valence-electron chi connectivity index (χ4n) is 4.19. The van der Waals surface area contributed by atoms with Crippen LogP contribution in [0.3, 0.4) is 0 Å². The molecule has 0 unspecified atom stereocenters. The predicted molar refractivity (Wildman–Crippen MR) is 119 cm³/mol. The van der Waals surface area contributed by atoms with E-state index in [9.17, 15) is 4.79 Å². The average molecular weight is 387 g/mol. The Morgan fingerprint density at radius 2 is 1.55 bits per heavy atom. The van der Waals surface area contributed by atoms with E-state index in [1.54, 1.807) is 0 Å². The number of aromatic nitrogens is 2. The Morgan fingerprint density at radius 3 is 2.14 bits per heavy atom. The van der Waals surface area contributed by atoms with Gasteiger partial charge in [0.1, 0.15) is 0 Å². The van der Waals surface area contributed by atoms with E-state index >= 15 is 0 Å². The zero-order chi connectivity index (χ0) is 21.0. The van der Waals surface area contributed by atoms with Gasteiger partial charge < -0.3 is 0 Å². The van der Waals surface area contributed by atoms with Gasteiger partial charge in [-0.3, -0.25) is 4.79 Å². The summed E-state index contributed by atoms with van der Waals surface area (Å²) in [4.78, 5) is 13.2. The first-order valence-corrected chi connectivity index (χ1v) is 10.4. The molecule has 0 atom stereocenters. The summed E-state index contributed by atoms with van der Waals surface area (Å²) in [6.45, 7) is 13.0. The molecule has 3 heteroatoms. The number of fused-ring (bicyclic) bond motifs is 1. The van der Waals surface area contributed by atoms with Gasteiger partial charge in [0.05, 0.1) is 22.6 Å². The molecule has 3 aromatic rings. The zero-order valence-corrected chi connectivity index (χ0v) is 18.3. The molecule has 150 valence electrons. The minimum atomic E-state index is -0.0517. The van der Waals surface area contributed by atoms with Gasteiger partial charge in [-0.2, -0.15) is 5.10 Å². The highest BCUT2D eigenvalue weighted by atomic mass is 16.1. The lowest BCUT2D eigenvalue weighted by molar-refractivity contribution is 0.0912. The molecule has 2 aromatic carbocycles. The van der Waals surface area contributed by atoms with E-state index in [4.69, 9.17) is 5.10 Å². The van der Waals surface area contributed by atoms with E-state index in [0.717, 1.165) is 34.6 Å². The Kier molecular flexibility index (Phi) is 4.53. The molecule has 4 rings (SSSR count). The molecule has 0 N–H and O–H groups in total. The number of hydrogen-bond donors (Lipinski definition) is 0. The smallest absolute Gasteiger partial charge is 0.167 e. The van der Waals surface area contributed by atoms with Crippen molar-refractivity contribution in [2.75, 3.05) is 0 Å². The minimum absolute atomic E-state index is 0.0517. The van der Waals surface area contributed by atoms with Crippen LogP contribution in [0.25, 0.3) is 16.9 Å². The summed E-state index contributed by atoms with van der Waals surface area (Å²) < 4.78 is 1.97. The van der Waals surface area contributed by atoms with Crippen LogP contribution < -0.4 is 0 Å². The normalized spacial score (nSPS) is 16.0. The molecule has 1 aromatic heterocycles. The Bertz CT molecular complexity index is 1060. The molecular formula is C26H30N2O. The molecule has 0 fully saturated rings. The predicted octanol–water partition coefficient (Wildman–Crippen LogP) is 6.30. The van der Waals surface area contributed by atoms with Crippen molar-refractivity contribution >= 4 is 5.78 Å². The summed E-state index contributed by atoms with van der Waals surface area (Å²) in [5, 5.41) is 4.94. The standard InChI is InChI=1S/C26H30N2O/c1-17-7-13-20(14-8-17)28-24(18-9-11-19(12-10-18)25(2,3)4)23-21(27-28)15-26(5,6)16-22(23)29/h7-14H,15-16H2,1-6H3. The maximum Gasteiger partial charge on any atom is 0.167 e. The maximum absolute atomic E-state index is 13.2. The summed E-state index contributed by atoms with van der Waals surface area (Å²) in [6.07, 6.45) is 1.38. The number of Topliss-reactive ketones (excluding diaryl/α,β-unsaturated/α-hetero) is 1. The number of rotatable bonds is 2. The van der Waals surface area contributed by atoms with Gasteiger partial charge in [-0.25, -0.2) is 4.68 Å². The molecule has 0 saturated carbocycles. The van der Waals surface area contributed by atoms with Crippen molar-refractivity contribution in [1.82, 2.24) is 9.78 Å². The number of nitrogens with zero attached hydrogens (tertiary/aromatic N) is 2. The van der Waals surface area contributed by atoms with Crippen LogP contribution in [0.2, 0.25) is 0 Å². The second-order valence-corrected chi connectivity index (χ2v) is 10.2. The summed E-state index contributed by atoms with van der Waals surface area (Å²) in [7, 11) is 0. The van der Waals surface area contributed by atoms with Gasteiger partial charge in [0, 0.05) is 12.0 Å². The Labute approximate surface area is 173 Å². The van der Waals surface area contributed by atoms with Gasteiger partial charge in [0.15, 0.2) is 5.78 Å². The van der Waals surface area contributed by atoms with Crippen LogP contribution in [-0.2, 0) is 11.8 Å². The van der Waals surface area contributed by atoms with E-state index in [1.165, 1.54) is 11.1 Å². The van der Waals surface area contributed by atoms with Gasteiger partial charge >= 0.3 is 0 Å². The van der Waals surface area contributed by atoms with Crippen LogP contribution in [0, 0.1) is 12.3 Å². The summed E-state index contributed by atoms with van der Waals surface area (Å²) in [6, 6.07) is 17.0. The number of carbonyl (C=O) groups excluding carboxylic acids is 1. The number of ketones is 1. The molecule has 1 aliphatic rings. The fourth-order valence-corrected chi connectivity index (χ4v) is 4.19. The topological polar surface area (TPSA) is 34.9 Å². The lowest BCUT2D eigenvalue weighted by atomic mass is 9.75. The molecular weight excluding hydrogens is 356 g/mol. The third kappa shape index (κ3) is 3.66. The van der Waals surface area contributed by atoms with Crippen molar-refractivity contribution in [1.29, 1.82) is 0 Å². The van der Waals surface area contributed by atoms with Crippen molar-refractivity contribution in [3.8, 4) is 16.9 Å². The third-order valence-corrected chi connectivity index (χ3v) is 5.82. The molecule has 0 spiro atoms. The molecule has 1 aliphatic carbocycles. The average Bonchev–Trinajstić information content (AvgIpc) is 3.00. The zero-order valence-electron chi connectivity index (χ0n) is 18.3. The van der Waals surface area contributed by atoms with Crippen LogP contribution in [0.4, 0.5) is 0 Å². The van der Waals surface area contributed by atoms with Crippen molar-refractivity contribution in [3.63, 3.8) is 0 Å². The van der Waals surface area contributed by atoms with Gasteiger partial charge in [0.2, 0.25) is 0 Å². The molecule has 0 bridgehead atoms. The van der Waals surface area contributed by atoms with Crippen LogP contribution in [0.5, 0.6) is 0 Å². The first-order valence-electron chi connectivity index (χ1n) is 10.4. The van der Waals surface area contributed by atoms with Crippen LogP contribution >= 0.6 is 0 Å². The van der Waals surface area contributed by atoms with Crippen molar-refractivity contribution in [3.05, 3.63) is 70.9 Å². The lowest BCUT2D eigenvalue weighted by Gasteiger charge is -2.27. The minimum Gasteiger partial charge on any atom is -0.294 e. The number of carbonyl (C=O) groups is 1. The molecule has 3 nitrogen and oxygen atoms in total. The SMILES string of the molecule is Cc1ccc(-n2nc3c(c2-c2ccc(C(C)(C)C)cc2)C(=O)CC(C)(C)C3)cc1. The van der Waals surface area contributed by atoms with Crippen molar-refractivity contribution in [2.45, 2.75) is 59.8 Å². The molecule has 29 heavy (non-hydrogen) atoms. The fraction of sp³-hybridized carbons (Fsp3) is 0.385. The monoisotopic (exact) mass is 386 g/mol. The van der Waals surface area contributed by atoms with Crippen LogP contribution in [0.15, 0.2) is 48.5 Å². The quantitative estimate of drug-likeness (QED) is 0.518. The first-order chi connectivity index (χ1) is 13.5. The summed E-state index contributed by atoms with van der Waals surface area (Å²) in [5.41, 5.74) is 7.20. The highest BCUT2D eigenvalue weighted by molar-refractivity contribution is 6.04. The van der Waals surface area contributed by atoms with Gasteiger partial charge in [0.25, 0.3) is 0 Å². The van der Waals surface area contributed by atoms with E-state index < -0.39 is 0 Å². The van der Waals surface area contributed by atoms with Gasteiger partial charge in [-0.1, -0.05) is 76.6 Å². The number of hydrogen-bond acceptors (Lipinski definition) is 2. The van der Waals surface area contributed by atoms with Crippen molar-refractivity contribution < 1.29 is 4.79 Å². The maximum atomic E-state index is 13.2. The van der Waals surface area contributed by atoms with E-state index in [-0.39, 0.29) is 16.6 Å². The summed E-state index contributed by atoms with van der Waals surface area (Å²) >= 11 is 0. The second kappa shape index (κ2) is 6.69. The van der Waals surface area contributed by atoms with Crippen LogP contribution in [0.1, 0.15) is 68.2 Å². The highest BCUT2D eigenvalue weighted by Crippen LogP contribution is 2.40. The van der Waals surface area contributed by atoms with Gasteiger partial charge in [-0.05, 0) is 41.9 Å². The number of benzene rings is 2. The Hall–Kier alpha value is -2.68. The Balaban J connectivity index is 1.93. The van der Waals surface area contributed by atoms with Crippen molar-refractivity contribution in [2.24, 2.45) is 5.41 Å². The van der Waals surface area contributed by atoms with E-state index in [1.807, 2.05) is 4.68 Å². The van der Waals surface area contributed by atoms with Gasteiger partial charge in [-0.15, -0.1) is 0 Å². The molecule has 0 aliphatic heterocycles. The van der Waals surface area contributed by atoms with Crippen LogP contribution in [-0.4, -0.2) is 15.6 Å². The molecule has 1 heterocycles. The Morgan fingerprint density at radius 1 is 0.931 bits per heavy atom. The van der Waals surface area contributed by atoms with E-state index in [2.05, 4.69) is 90.1 Å². The first kappa shape index (κ1) is 19.6. The molecule has 0 amide bonds. The number of aryl methyl sites for hydroxylation is 1. The second-order valence-electron chi connectivity index (χ2n) is 10.2. The highest BCUT2D eigenvalue weighted by Gasteiger charge is 2.36. The summed E-state index contributed by atoms with van der Waals surface area (Å²) in [5.74, 6) is 0.199. The van der Waals surface area contributed by atoms with E-state index in [0.29, 0.717) is 6.42 Å². The third-order valence-electron chi connectivity index (χ3n) is 5.82. The largest absolute Gasteiger partial charge is 0.294 e. The molecule has 0 saturated heterocycles.